The molecule has 0 saturated carbocycles. The Morgan fingerprint density at radius 1 is 1.29 bits per heavy atom. The number of hydrogen-bond donors (Lipinski definition) is 0. The summed E-state index contributed by atoms with van der Waals surface area (Å²) in [4.78, 5) is 11.8. The van der Waals surface area contributed by atoms with Gasteiger partial charge < -0.3 is 14.6 Å². The first-order chi connectivity index (χ1) is 7.91. The summed E-state index contributed by atoms with van der Waals surface area (Å²) < 4.78 is 11.5. The van der Waals surface area contributed by atoms with Crippen LogP contribution in [0.4, 0.5) is 0 Å². The smallest absolute Gasteiger partial charge is 0.407 e. The van der Waals surface area contributed by atoms with Gasteiger partial charge in [-0.2, -0.15) is 4.57 Å². The molecule has 0 fully saturated rings. The number of aryl methyl sites for hydroxylation is 1. The first kappa shape index (κ1) is 11.4. The van der Waals surface area contributed by atoms with Gasteiger partial charge in [0.05, 0.1) is 0 Å². The van der Waals surface area contributed by atoms with Gasteiger partial charge >= 0.3 is 11.7 Å². The van der Waals surface area contributed by atoms with Crippen LogP contribution in [0.2, 0.25) is 0 Å². The summed E-state index contributed by atoms with van der Waals surface area (Å²) in [5.41, 5.74) is 0.624. The normalized spacial score (nSPS) is 18.6. The van der Waals surface area contributed by atoms with E-state index in [1.54, 1.807) is 25.3 Å². The van der Waals surface area contributed by atoms with Gasteiger partial charge in [0.2, 0.25) is 0 Å². The van der Waals surface area contributed by atoms with Crippen LogP contribution in [-0.2, 0) is 14.3 Å². The zero-order valence-corrected chi connectivity index (χ0v) is 9.89. The number of ether oxygens (including phenoxy) is 2. The fourth-order valence-corrected chi connectivity index (χ4v) is 1.62. The molecule has 17 heavy (non-hydrogen) atoms. The second-order valence-electron chi connectivity index (χ2n) is 4.24. The lowest BCUT2D eigenvalue weighted by Crippen LogP contribution is -2.49. The van der Waals surface area contributed by atoms with Gasteiger partial charge in [-0.15, -0.1) is 0 Å². The van der Waals surface area contributed by atoms with Crippen LogP contribution in [0.15, 0.2) is 30.3 Å². The molecule has 0 amide bonds. The third kappa shape index (κ3) is 2.08. The molecule has 0 aliphatic carbocycles. The van der Waals surface area contributed by atoms with Crippen molar-refractivity contribution in [1.82, 2.24) is 0 Å². The predicted octanol–water partition coefficient (Wildman–Crippen LogP) is 0.0784. The Labute approximate surface area is 98.9 Å². The van der Waals surface area contributed by atoms with Gasteiger partial charge in [0.25, 0.3) is 0 Å². The minimum Gasteiger partial charge on any atom is -0.570 e. The largest absolute Gasteiger partial charge is 0.570 e. The third-order valence-corrected chi connectivity index (χ3v) is 2.37. The van der Waals surface area contributed by atoms with Crippen LogP contribution in [0.5, 0.6) is 0 Å². The van der Waals surface area contributed by atoms with E-state index >= 15 is 0 Å². The van der Waals surface area contributed by atoms with E-state index in [0.717, 1.165) is 5.69 Å². The minimum absolute atomic E-state index is 0.123. The lowest BCUT2D eigenvalue weighted by molar-refractivity contribution is -0.596. The Hall–Kier alpha value is -2.04. The molecule has 90 valence electrons. The molecule has 1 aromatic heterocycles. The van der Waals surface area contributed by atoms with Crippen molar-refractivity contribution in [3.63, 3.8) is 0 Å². The number of hydrogen-bond acceptors (Lipinski definition) is 4. The van der Waals surface area contributed by atoms with Crippen molar-refractivity contribution in [2.45, 2.75) is 26.6 Å². The topological polar surface area (TPSA) is 62.5 Å². The van der Waals surface area contributed by atoms with E-state index in [1.807, 2.05) is 6.07 Å². The summed E-state index contributed by atoms with van der Waals surface area (Å²) >= 11 is 0. The number of carbonyl (C=O) groups excluding carboxylic acids is 1. The number of pyridine rings is 1. The first-order valence-electron chi connectivity index (χ1n) is 5.22. The van der Waals surface area contributed by atoms with Crippen LogP contribution < -0.4 is 9.67 Å². The number of cyclic esters (lactones) is 1. The molecule has 5 nitrogen and oxygen atoms in total. The number of nitrogens with zero attached hydrogens (tertiary/aromatic N) is 1. The lowest BCUT2D eigenvalue weighted by atomic mass is 10.3. The van der Waals surface area contributed by atoms with Gasteiger partial charge in [-0.25, -0.2) is 4.79 Å². The molecule has 0 unspecified atom stereocenters. The van der Waals surface area contributed by atoms with Crippen LogP contribution in [0, 0.1) is 6.92 Å². The van der Waals surface area contributed by atoms with Crippen LogP contribution in [0.25, 0.3) is 5.70 Å². The quantitative estimate of drug-likeness (QED) is 0.511. The van der Waals surface area contributed by atoms with Gasteiger partial charge in [-0.3, -0.25) is 0 Å². The molecule has 1 aliphatic rings. The standard InChI is InChI=1S/C12H13NO4/c1-8-6-4-5-7-13(8)9-10(14)16-12(2,3)17-11(9)15/h4-7H,1-3H3. The second kappa shape index (κ2) is 3.76. The molecular formula is C12H13NO4. The fraction of sp³-hybridized carbons (Fsp3) is 0.333. The molecule has 1 aliphatic heterocycles. The van der Waals surface area contributed by atoms with Crippen molar-refractivity contribution in [3.05, 3.63) is 36.0 Å². The zero-order valence-electron chi connectivity index (χ0n) is 9.89. The summed E-state index contributed by atoms with van der Waals surface area (Å²) in [6.45, 7) is 4.82. The predicted molar refractivity (Wildman–Crippen MR) is 55.8 cm³/mol. The maximum Gasteiger partial charge on any atom is 0.407 e. The summed E-state index contributed by atoms with van der Waals surface area (Å²) in [5.74, 6) is -2.56. The molecule has 0 atom stereocenters. The van der Waals surface area contributed by atoms with Gasteiger partial charge in [-0.1, -0.05) is 6.07 Å². The van der Waals surface area contributed by atoms with E-state index < -0.39 is 17.7 Å². The van der Waals surface area contributed by atoms with Gasteiger partial charge in [0, 0.05) is 19.1 Å². The Bertz CT molecular complexity index is 505. The molecule has 0 radical (unpaired) electrons. The maximum atomic E-state index is 11.8. The second-order valence-corrected chi connectivity index (χ2v) is 4.24. The summed E-state index contributed by atoms with van der Waals surface area (Å²) in [6, 6.07) is 5.32. The number of carbonyl (C=O) groups is 1. The number of aromatic nitrogens is 1. The van der Waals surface area contributed by atoms with Crippen molar-refractivity contribution in [3.8, 4) is 0 Å². The molecule has 1 aromatic rings. The van der Waals surface area contributed by atoms with E-state index in [4.69, 9.17) is 9.47 Å². The van der Waals surface area contributed by atoms with Crippen molar-refractivity contribution in [2.24, 2.45) is 0 Å². The fourth-order valence-electron chi connectivity index (χ4n) is 1.62. The van der Waals surface area contributed by atoms with E-state index in [9.17, 15) is 9.90 Å². The Morgan fingerprint density at radius 3 is 2.59 bits per heavy atom. The molecule has 2 heterocycles. The highest BCUT2D eigenvalue weighted by Gasteiger charge is 2.36. The highest BCUT2D eigenvalue weighted by Crippen LogP contribution is 2.23. The van der Waals surface area contributed by atoms with Crippen LogP contribution in [-0.4, -0.2) is 11.8 Å². The maximum absolute atomic E-state index is 11.8. The number of esters is 1. The molecule has 0 N–H and O–H groups in total. The highest BCUT2D eigenvalue weighted by atomic mass is 16.8. The average molecular weight is 235 g/mol. The van der Waals surface area contributed by atoms with Gasteiger partial charge in [-0.05, 0) is 13.8 Å². The van der Waals surface area contributed by atoms with Crippen molar-refractivity contribution < 1.29 is 23.9 Å². The molecule has 0 bridgehead atoms. The van der Waals surface area contributed by atoms with E-state index in [1.165, 1.54) is 18.4 Å². The van der Waals surface area contributed by atoms with Crippen molar-refractivity contribution in [2.75, 3.05) is 0 Å². The molecule has 0 spiro atoms. The van der Waals surface area contributed by atoms with E-state index in [0.29, 0.717) is 0 Å². The van der Waals surface area contributed by atoms with E-state index in [2.05, 4.69) is 0 Å². The molecule has 0 saturated heterocycles. The lowest BCUT2D eigenvalue weighted by Gasteiger charge is -2.36. The van der Waals surface area contributed by atoms with Crippen LogP contribution in [0.3, 0.4) is 0 Å². The minimum atomic E-state index is -1.21. The zero-order chi connectivity index (χ0) is 12.6. The third-order valence-electron chi connectivity index (χ3n) is 2.37. The Balaban J connectivity index is 2.52. The van der Waals surface area contributed by atoms with Gasteiger partial charge in [0.1, 0.15) is 5.95 Å². The van der Waals surface area contributed by atoms with Gasteiger partial charge in [0.15, 0.2) is 17.7 Å². The monoisotopic (exact) mass is 235 g/mol. The Kier molecular flexibility index (Phi) is 2.53. The van der Waals surface area contributed by atoms with E-state index in [-0.39, 0.29) is 5.70 Å². The van der Waals surface area contributed by atoms with Crippen LogP contribution in [0.1, 0.15) is 19.5 Å². The number of rotatable bonds is 1. The average Bonchev–Trinajstić information content (AvgIpc) is 2.17. The molecular weight excluding hydrogens is 222 g/mol. The molecule has 5 heteroatoms. The SMILES string of the molecule is Cc1cccc[n+]1C1=C([O-])OC(C)(C)OC1=O. The highest BCUT2D eigenvalue weighted by molar-refractivity contribution is 6.06. The Morgan fingerprint density at radius 2 is 2.00 bits per heavy atom. The molecule has 2 rings (SSSR count). The summed E-state index contributed by atoms with van der Waals surface area (Å²) in [7, 11) is 0. The van der Waals surface area contributed by atoms with Crippen molar-refractivity contribution in [1.29, 1.82) is 0 Å². The molecule has 0 aromatic carbocycles. The summed E-state index contributed by atoms with van der Waals surface area (Å²) in [6.07, 6.45) is 1.62. The first-order valence-corrected chi connectivity index (χ1v) is 5.22. The van der Waals surface area contributed by atoms with Crippen LogP contribution >= 0.6 is 0 Å². The summed E-state index contributed by atoms with van der Waals surface area (Å²) in [5, 5.41) is 11.8. The van der Waals surface area contributed by atoms with Crippen molar-refractivity contribution >= 4 is 11.7 Å².